The number of thioether (sulfide) groups is 1. The first-order chi connectivity index (χ1) is 10.1. The lowest BCUT2D eigenvalue weighted by atomic mass is 10.1. The second-order valence-corrected chi connectivity index (χ2v) is 6.40. The fourth-order valence-electron chi connectivity index (χ4n) is 2.03. The molecule has 0 aliphatic carbocycles. The minimum absolute atomic E-state index is 0.665. The SMILES string of the molecule is Cc1cc(C)cc(NC(=S)NCCSCc2ccco2)c1. The van der Waals surface area contributed by atoms with Gasteiger partial charge >= 0.3 is 0 Å². The summed E-state index contributed by atoms with van der Waals surface area (Å²) < 4.78 is 5.28. The van der Waals surface area contributed by atoms with Crippen LogP contribution in [0.25, 0.3) is 0 Å². The van der Waals surface area contributed by atoms with Crippen LogP contribution in [0.3, 0.4) is 0 Å². The van der Waals surface area contributed by atoms with Crippen LogP contribution in [0.2, 0.25) is 0 Å². The molecule has 0 saturated heterocycles. The fraction of sp³-hybridized carbons (Fsp3) is 0.312. The van der Waals surface area contributed by atoms with E-state index in [1.165, 1.54) is 11.1 Å². The van der Waals surface area contributed by atoms with Crippen molar-refractivity contribution < 1.29 is 4.42 Å². The van der Waals surface area contributed by atoms with E-state index in [0.717, 1.165) is 29.5 Å². The quantitative estimate of drug-likeness (QED) is 0.619. The molecule has 0 aliphatic rings. The number of rotatable bonds is 6. The van der Waals surface area contributed by atoms with Crippen LogP contribution in [0.4, 0.5) is 5.69 Å². The highest BCUT2D eigenvalue weighted by molar-refractivity contribution is 7.98. The molecule has 3 nitrogen and oxygen atoms in total. The predicted octanol–water partition coefficient (Wildman–Crippen LogP) is 4.12. The van der Waals surface area contributed by atoms with Crippen LogP contribution in [0.1, 0.15) is 16.9 Å². The van der Waals surface area contributed by atoms with Crippen LogP contribution in [0, 0.1) is 13.8 Å². The summed E-state index contributed by atoms with van der Waals surface area (Å²) in [4.78, 5) is 0. The maximum absolute atomic E-state index is 5.30. The third-order valence-corrected chi connectivity index (χ3v) is 4.06. The maximum Gasteiger partial charge on any atom is 0.170 e. The first-order valence-electron chi connectivity index (χ1n) is 6.87. The Kier molecular flexibility index (Phi) is 6.14. The van der Waals surface area contributed by atoms with Gasteiger partial charge in [0.2, 0.25) is 0 Å². The second kappa shape index (κ2) is 8.10. The number of furan rings is 1. The van der Waals surface area contributed by atoms with Gasteiger partial charge in [0.05, 0.1) is 12.0 Å². The van der Waals surface area contributed by atoms with Gasteiger partial charge in [-0.15, -0.1) is 0 Å². The summed E-state index contributed by atoms with van der Waals surface area (Å²) in [7, 11) is 0. The van der Waals surface area contributed by atoms with Crippen LogP contribution < -0.4 is 10.6 Å². The molecule has 1 heterocycles. The average Bonchev–Trinajstić information content (AvgIpc) is 2.90. The first kappa shape index (κ1) is 15.9. The van der Waals surface area contributed by atoms with Crippen molar-refractivity contribution in [3.8, 4) is 0 Å². The lowest BCUT2D eigenvalue weighted by Gasteiger charge is -2.11. The highest BCUT2D eigenvalue weighted by Gasteiger charge is 2.00. The third-order valence-electron chi connectivity index (χ3n) is 2.84. The molecule has 2 aromatic rings. The Hall–Kier alpha value is -1.46. The molecular formula is C16H20N2OS2. The van der Waals surface area contributed by atoms with Crippen LogP contribution >= 0.6 is 24.0 Å². The smallest absolute Gasteiger partial charge is 0.170 e. The molecule has 5 heteroatoms. The van der Waals surface area contributed by atoms with E-state index in [4.69, 9.17) is 16.6 Å². The topological polar surface area (TPSA) is 37.2 Å². The van der Waals surface area contributed by atoms with Gasteiger partial charge in [-0.05, 0) is 61.5 Å². The van der Waals surface area contributed by atoms with Crippen LogP contribution in [-0.2, 0) is 5.75 Å². The van der Waals surface area contributed by atoms with Gasteiger partial charge < -0.3 is 15.1 Å². The zero-order valence-corrected chi connectivity index (χ0v) is 13.9. The van der Waals surface area contributed by atoms with E-state index in [1.807, 2.05) is 23.9 Å². The Bertz CT molecular complexity index is 562. The first-order valence-corrected chi connectivity index (χ1v) is 8.43. The second-order valence-electron chi connectivity index (χ2n) is 4.89. The van der Waals surface area contributed by atoms with Crippen molar-refractivity contribution in [2.45, 2.75) is 19.6 Å². The summed E-state index contributed by atoms with van der Waals surface area (Å²) in [6.45, 7) is 5.00. The fourth-order valence-corrected chi connectivity index (χ4v) is 3.00. The van der Waals surface area contributed by atoms with Gasteiger partial charge in [0.1, 0.15) is 5.76 Å². The van der Waals surface area contributed by atoms with Crippen LogP contribution in [-0.4, -0.2) is 17.4 Å². The monoisotopic (exact) mass is 320 g/mol. The number of hydrogen-bond acceptors (Lipinski definition) is 3. The summed E-state index contributed by atoms with van der Waals surface area (Å²) in [5.41, 5.74) is 3.50. The standard InChI is InChI=1S/C16H20N2OS2/c1-12-8-13(2)10-14(9-12)18-16(20)17-5-7-21-11-15-4-3-6-19-15/h3-4,6,8-10H,5,7,11H2,1-2H3,(H2,17,18,20). The number of thiocarbonyl (C=S) groups is 1. The highest BCUT2D eigenvalue weighted by atomic mass is 32.2. The number of benzene rings is 1. The van der Waals surface area contributed by atoms with E-state index in [0.29, 0.717) is 5.11 Å². The zero-order chi connectivity index (χ0) is 15.1. The van der Waals surface area contributed by atoms with Crippen molar-refractivity contribution in [1.29, 1.82) is 0 Å². The number of nitrogens with one attached hydrogen (secondary N) is 2. The molecule has 2 rings (SSSR count). The molecule has 112 valence electrons. The van der Waals surface area contributed by atoms with Gasteiger partial charge in [0, 0.05) is 18.0 Å². The summed E-state index contributed by atoms with van der Waals surface area (Å²) in [6, 6.07) is 10.2. The van der Waals surface area contributed by atoms with E-state index in [9.17, 15) is 0 Å². The van der Waals surface area contributed by atoms with E-state index < -0.39 is 0 Å². The van der Waals surface area contributed by atoms with Crippen LogP contribution in [0.5, 0.6) is 0 Å². The largest absolute Gasteiger partial charge is 0.468 e. The molecule has 0 atom stereocenters. The Morgan fingerprint density at radius 3 is 2.67 bits per heavy atom. The van der Waals surface area contributed by atoms with Gasteiger partial charge in [-0.25, -0.2) is 0 Å². The average molecular weight is 320 g/mol. The lowest BCUT2D eigenvalue weighted by molar-refractivity contribution is 0.530. The summed E-state index contributed by atoms with van der Waals surface area (Å²) >= 11 is 7.12. The molecule has 21 heavy (non-hydrogen) atoms. The summed E-state index contributed by atoms with van der Waals surface area (Å²) in [6.07, 6.45) is 1.71. The predicted molar refractivity (Wildman–Crippen MR) is 95.0 cm³/mol. The Labute approximate surface area is 135 Å². The van der Waals surface area contributed by atoms with Gasteiger partial charge in [-0.2, -0.15) is 11.8 Å². The van der Waals surface area contributed by atoms with E-state index in [2.05, 4.69) is 42.7 Å². The normalized spacial score (nSPS) is 10.4. The van der Waals surface area contributed by atoms with Crippen molar-refractivity contribution in [3.63, 3.8) is 0 Å². The Morgan fingerprint density at radius 1 is 1.24 bits per heavy atom. The van der Waals surface area contributed by atoms with Gasteiger partial charge in [0.15, 0.2) is 5.11 Å². The molecule has 0 spiro atoms. The van der Waals surface area contributed by atoms with Crippen LogP contribution in [0.15, 0.2) is 41.0 Å². The Balaban J connectivity index is 1.65. The maximum atomic E-state index is 5.30. The molecule has 1 aromatic carbocycles. The van der Waals surface area contributed by atoms with E-state index >= 15 is 0 Å². The summed E-state index contributed by atoms with van der Waals surface area (Å²) in [5.74, 6) is 2.89. The summed E-state index contributed by atoms with van der Waals surface area (Å²) in [5, 5.41) is 7.11. The molecule has 1 aromatic heterocycles. The van der Waals surface area contributed by atoms with Crippen molar-refractivity contribution in [2.24, 2.45) is 0 Å². The van der Waals surface area contributed by atoms with Gasteiger partial charge in [-0.1, -0.05) is 6.07 Å². The van der Waals surface area contributed by atoms with Crippen molar-refractivity contribution in [1.82, 2.24) is 5.32 Å². The van der Waals surface area contributed by atoms with Gasteiger partial charge in [-0.3, -0.25) is 0 Å². The zero-order valence-electron chi connectivity index (χ0n) is 12.3. The molecule has 0 radical (unpaired) electrons. The van der Waals surface area contributed by atoms with Crippen molar-refractivity contribution in [3.05, 3.63) is 53.5 Å². The molecule has 0 amide bonds. The minimum Gasteiger partial charge on any atom is -0.468 e. The molecule has 0 unspecified atom stereocenters. The van der Waals surface area contributed by atoms with E-state index in [1.54, 1.807) is 6.26 Å². The Morgan fingerprint density at radius 2 is 2.00 bits per heavy atom. The number of hydrogen-bond donors (Lipinski definition) is 2. The molecule has 2 N–H and O–H groups in total. The molecular weight excluding hydrogens is 300 g/mol. The molecule has 0 fully saturated rings. The number of anilines is 1. The van der Waals surface area contributed by atoms with Crippen molar-refractivity contribution in [2.75, 3.05) is 17.6 Å². The minimum atomic E-state index is 0.665. The molecule has 0 aliphatic heterocycles. The number of aryl methyl sites for hydroxylation is 2. The van der Waals surface area contributed by atoms with Crippen molar-refractivity contribution >= 4 is 34.8 Å². The van der Waals surface area contributed by atoms with Gasteiger partial charge in [0.25, 0.3) is 0 Å². The third kappa shape index (κ3) is 5.81. The van der Waals surface area contributed by atoms with E-state index in [-0.39, 0.29) is 0 Å². The lowest BCUT2D eigenvalue weighted by Crippen LogP contribution is -2.30. The molecule has 0 saturated carbocycles. The highest BCUT2D eigenvalue weighted by Crippen LogP contribution is 2.14. The molecule has 0 bridgehead atoms.